The number of hydrogen-bond acceptors (Lipinski definition) is 3. The van der Waals surface area contributed by atoms with Crippen molar-refractivity contribution in [3.8, 4) is 0 Å². The van der Waals surface area contributed by atoms with E-state index in [1.54, 1.807) is 0 Å². The number of hydrogen-bond donors (Lipinski definition) is 0. The minimum Gasteiger partial charge on any atom is -0.371 e. The van der Waals surface area contributed by atoms with Crippen LogP contribution in [0.5, 0.6) is 0 Å². The molecule has 2 aliphatic heterocycles. The monoisotopic (exact) mass is 294 g/mol. The van der Waals surface area contributed by atoms with Crippen LogP contribution in [-0.4, -0.2) is 54.6 Å². The van der Waals surface area contributed by atoms with Gasteiger partial charge in [0.15, 0.2) is 0 Å². The Hall–Kier alpha value is -1.10. The summed E-state index contributed by atoms with van der Waals surface area (Å²) >= 11 is 5.90. The fourth-order valence-electron chi connectivity index (χ4n) is 2.53. The molecule has 0 bridgehead atoms. The van der Waals surface area contributed by atoms with Crippen LogP contribution in [0.1, 0.15) is 12.0 Å². The Bertz CT molecular complexity index is 473. The lowest BCUT2D eigenvalue weighted by atomic mass is 10.2. The summed E-state index contributed by atoms with van der Waals surface area (Å²) in [6, 6.07) is 7.92. The third kappa shape index (κ3) is 3.72. The van der Waals surface area contributed by atoms with Crippen LogP contribution in [0.25, 0.3) is 0 Å². The van der Waals surface area contributed by atoms with Crippen LogP contribution in [0.3, 0.4) is 0 Å². The summed E-state index contributed by atoms with van der Waals surface area (Å²) in [4.78, 5) is 16.3. The molecule has 0 N–H and O–H groups in total. The molecule has 3 rings (SSSR count). The molecule has 0 aliphatic carbocycles. The molecule has 4 nitrogen and oxygen atoms in total. The molecule has 2 heterocycles. The van der Waals surface area contributed by atoms with E-state index >= 15 is 0 Å². The molecule has 0 saturated carbocycles. The Morgan fingerprint density at radius 1 is 1.20 bits per heavy atom. The fraction of sp³-hybridized carbons (Fsp3) is 0.533. The average molecular weight is 295 g/mol. The second kappa shape index (κ2) is 6.12. The van der Waals surface area contributed by atoms with E-state index in [1.165, 1.54) is 5.56 Å². The van der Waals surface area contributed by atoms with Gasteiger partial charge in [-0.25, -0.2) is 0 Å². The highest BCUT2D eigenvalue weighted by Gasteiger charge is 2.29. The quantitative estimate of drug-likeness (QED) is 0.794. The molecule has 2 saturated heterocycles. The zero-order valence-electron chi connectivity index (χ0n) is 11.4. The molecule has 1 aromatic rings. The molecule has 20 heavy (non-hydrogen) atoms. The number of amides is 1. The first-order valence-electron chi connectivity index (χ1n) is 7.07. The van der Waals surface area contributed by atoms with Crippen LogP contribution in [-0.2, 0) is 16.1 Å². The third-order valence-electron chi connectivity index (χ3n) is 3.83. The Morgan fingerprint density at radius 2 is 1.95 bits per heavy atom. The van der Waals surface area contributed by atoms with E-state index in [-0.39, 0.29) is 12.0 Å². The van der Waals surface area contributed by atoms with Crippen molar-refractivity contribution in [2.24, 2.45) is 0 Å². The van der Waals surface area contributed by atoms with Gasteiger partial charge in [-0.1, -0.05) is 23.7 Å². The number of carbonyl (C=O) groups is 1. The van der Waals surface area contributed by atoms with Crippen molar-refractivity contribution in [1.82, 2.24) is 9.80 Å². The van der Waals surface area contributed by atoms with E-state index in [2.05, 4.69) is 4.90 Å². The lowest BCUT2D eigenvalue weighted by Gasteiger charge is -2.21. The van der Waals surface area contributed by atoms with E-state index in [0.29, 0.717) is 6.42 Å². The molecule has 1 aromatic carbocycles. The lowest BCUT2D eigenvalue weighted by Crippen LogP contribution is -2.36. The topological polar surface area (TPSA) is 36.1 Å². The van der Waals surface area contributed by atoms with E-state index in [9.17, 15) is 4.79 Å². The van der Waals surface area contributed by atoms with Crippen LogP contribution in [0.15, 0.2) is 24.3 Å². The van der Waals surface area contributed by atoms with Gasteiger partial charge < -0.3 is 9.64 Å². The fourth-order valence-corrected chi connectivity index (χ4v) is 2.65. The van der Waals surface area contributed by atoms with Crippen molar-refractivity contribution in [2.45, 2.75) is 19.1 Å². The highest BCUT2D eigenvalue weighted by atomic mass is 35.5. The Kier molecular flexibility index (Phi) is 4.24. The second-order valence-electron chi connectivity index (χ2n) is 5.45. The van der Waals surface area contributed by atoms with Gasteiger partial charge in [0.25, 0.3) is 0 Å². The van der Waals surface area contributed by atoms with E-state index in [0.717, 1.165) is 44.4 Å². The molecule has 1 amide bonds. The Morgan fingerprint density at radius 3 is 2.65 bits per heavy atom. The third-order valence-corrected chi connectivity index (χ3v) is 4.08. The Labute approximate surface area is 124 Å². The number of nitrogens with zero attached hydrogens (tertiary/aromatic N) is 2. The van der Waals surface area contributed by atoms with Crippen molar-refractivity contribution in [1.29, 1.82) is 0 Å². The average Bonchev–Trinajstić information content (AvgIpc) is 3.26. The van der Waals surface area contributed by atoms with Gasteiger partial charge in [0.1, 0.15) is 0 Å². The number of ether oxygens (including phenoxy) is 1. The molecule has 2 fully saturated rings. The van der Waals surface area contributed by atoms with Crippen LogP contribution >= 0.6 is 11.6 Å². The van der Waals surface area contributed by atoms with Crippen molar-refractivity contribution < 1.29 is 9.53 Å². The summed E-state index contributed by atoms with van der Waals surface area (Å²) in [7, 11) is 0. The first-order valence-corrected chi connectivity index (χ1v) is 7.45. The zero-order valence-corrected chi connectivity index (χ0v) is 12.2. The summed E-state index contributed by atoms with van der Waals surface area (Å²) in [5, 5.41) is 0.760. The highest BCUT2D eigenvalue weighted by molar-refractivity contribution is 6.30. The summed E-state index contributed by atoms with van der Waals surface area (Å²) in [6.45, 7) is 4.97. The standard InChI is InChI=1S/C15H19ClN2O2/c16-13-3-1-12(2-4-13)9-17-6-5-15(19)18(8-7-17)10-14-11-20-14/h1-4,14H,5-11H2. The first-order chi connectivity index (χ1) is 9.70. The van der Waals surface area contributed by atoms with Crippen molar-refractivity contribution in [3.05, 3.63) is 34.9 Å². The van der Waals surface area contributed by atoms with Gasteiger partial charge >= 0.3 is 0 Å². The summed E-state index contributed by atoms with van der Waals surface area (Å²) in [5.41, 5.74) is 1.24. The number of benzene rings is 1. The molecular weight excluding hydrogens is 276 g/mol. The molecule has 108 valence electrons. The second-order valence-corrected chi connectivity index (χ2v) is 5.88. The van der Waals surface area contributed by atoms with Crippen LogP contribution in [0, 0.1) is 0 Å². The predicted molar refractivity (Wildman–Crippen MR) is 77.7 cm³/mol. The van der Waals surface area contributed by atoms with E-state index in [1.807, 2.05) is 29.2 Å². The molecule has 0 aromatic heterocycles. The molecule has 0 spiro atoms. The predicted octanol–water partition coefficient (Wildman–Crippen LogP) is 1.77. The normalized spacial score (nSPS) is 23.8. The number of epoxide rings is 1. The maximum atomic E-state index is 12.0. The Balaban J connectivity index is 1.55. The van der Waals surface area contributed by atoms with Gasteiger partial charge in [0.05, 0.1) is 12.7 Å². The minimum absolute atomic E-state index is 0.249. The van der Waals surface area contributed by atoms with Crippen molar-refractivity contribution >= 4 is 17.5 Å². The van der Waals surface area contributed by atoms with Gasteiger partial charge in [-0.3, -0.25) is 9.69 Å². The number of rotatable bonds is 4. The highest BCUT2D eigenvalue weighted by Crippen LogP contribution is 2.16. The molecule has 2 aliphatic rings. The number of halogens is 1. The summed E-state index contributed by atoms with van der Waals surface area (Å²) in [6.07, 6.45) is 0.877. The van der Waals surface area contributed by atoms with Gasteiger partial charge in [0.2, 0.25) is 5.91 Å². The maximum Gasteiger partial charge on any atom is 0.223 e. The van der Waals surface area contributed by atoms with Gasteiger partial charge in [0, 0.05) is 44.2 Å². The van der Waals surface area contributed by atoms with Crippen LogP contribution in [0.2, 0.25) is 5.02 Å². The maximum absolute atomic E-state index is 12.0. The largest absolute Gasteiger partial charge is 0.371 e. The smallest absolute Gasteiger partial charge is 0.223 e. The van der Waals surface area contributed by atoms with E-state index in [4.69, 9.17) is 16.3 Å². The SMILES string of the molecule is O=C1CCN(Cc2ccc(Cl)cc2)CCN1CC1CO1. The zero-order chi connectivity index (χ0) is 13.9. The first kappa shape index (κ1) is 13.9. The van der Waals surface area contributed by atoms with E-state index < -0.39 is 0 Å². The summed E-state index contributed by atoms with van der Waals surface area (Å²) in [5.74, 6) is 0.249. The minimum atomic E-state index is 0.249. The molecule has 5 heteroatoms. The van der Waals surface area contributed by atoms with Gasteiger partial charge in [-0.15, -0.1) is 0 Å². The molecule has 1 unspecified atom stereocenters. The number of carbonyl (C=O) groups excluding carboxylic acids is 1. The van der Waals surface area contributed by atoms with Crippen molar-refractivity contribution in [3.63, 3.8) is 0 Å². The van der Waals surface area contributed by atoms with Crippen molar-refractivity contribution in [2.75, 3.05) is 32.8 Å². The molecule has 1 atom stereocenters. The van der Waals surface area contributed by atoms with Crippen LogP contribution in [0.4, 0.5) is 0 Å². The molecular formula is C15H19ClN2O2. The van der Waals surface area contributed by atoms with Gasteiger partial charge in [-0.2, -0.15) is 0 Å². The van der Waals surface area contributed by atoms with Crippen LogP contribution < -0.4 is 0 Å². The van der Waals surface area contributed by atoms with Gasteiger partial charge in [-0.05, 0) is 17.7 Å². The molecule has 0 radical (unpaired) electrons. The summed E-state index contributed by atoms with van der Waals surface area (Å²) < 4.78 is 5.21. The lowest BCUT2D eigenvalue weighted by molar-refractivity contribution is -0.130.